The molecule has 3 heterocycles. The summed E-state index contributed by atoms with van der Waals surface area (Å²) in [7, 11) is -1.59. The summed E-state index contributed by atoms with van der Waals surface area (Å²) in [4.78, 5) is 11.3. The molecule has 0 amide bonds. The minimum Gasteiger partial charge on any atom is -0.379 e. The number of morpholine rings is 1. The van der Waals surface area contributed by atoms with Crippen molar-refractivity contribution in [2.75, 3.05) is 38.3 Å². The summed E-state index contributed by atoms with van der Waals surface area (Å²) in [6.45, 7) is 3.66. The molecule has 7 nitrogen and oxygen atoms in total. The maximum absolute atomic E-state index is 12.7. The van der Waals surface area contributed by atoms with Gasteiger partial charge in [0.15, 0.2) is 0 Å². The number of pyridine rings is 1. The van der Waals surface area contributed by atoms with E-state index in [0.29, 0.717) is 32.1 Å². The van der Waals surface area contributed by atoms with Gasteiger partial charge in [0.25, 0.3) is 0 Å². The van der Waals surface area contributed by atoms with Gasteiger partial charge in [0.2, 0.25) is 10.0 Å². The van der Waals surface area contributed by atoms with Gasteiger partial charge in [-0.3, -0.25) is 0 Å². The minimum absolute atomic E-state index is 0.0200. The lowest BCUT2D eigenvalue weighted by molar-refractivity contribution is 0.0730. The highest BCUT2D eigenvalue weighted by Gasteiger charge is 2.27. The predicted octanol–water partition coefficient (Wildman–Crippen LogP) is 2.91. The van der Waals surface area contributed by atoms with Crippen LogP contribution in [0.1, 0.15) is 18.0 Å². The van der Waals surface area contributed by atoms with E-state index in [1.54, 1.807) is 23.5 Å². The van der Waals surface area contributed by atoms with Gasteiger partial charge in [-0.2, -0.15) is 4.31 Å². The Morgan fingerprint density at radius 2 is 1.93 bits per heavy atom. The maximum atomic E-state index is 12.7. The second kappa shape index (κ2) is 7.75. The molecule has 0 aliphatic carbocycles. The first-order valence-corrected chi connectivity index (χ1v) is 11.3. The van der Waals surface area contributed by atoms with Gasteiger partial charge in [-0.15, -0.1) is 11.3 Å². The Bertz CT molecular complexity index is 1030. The van der Waals surface area contributed by atoms with Crippen LogP contribution in [0.15, 0.2) is 47.5 Å². The molecule has 2 aromatic heterocycles. The molecule has 1 atom stereocenters. The van der Waals surface area contributed by atoms with Crippen LogP contribution in [0.4, 0.5) is 5.82 Å². The van der Waals surface area contributed by atoms with Crippen molar-refractivity contribution in [1.82, 2.24) is 14.3 Å². The Morgan fingerprint density at radius 3 is 2.61 bits per heavy atom. The number of aromatic nitrogens is 2. The molecule has 1 aromatic carbocycles. The number of para-hydroxylation sites is 1. The van der Waals surface area contributed by atoms with Gasteiger partial charge in [-0.25, -0.2) is 18.4 Å². The average molecular weight is 419 g/mol. The lowest BCUT2D eigenvalue weighted by atomic mass is 10.3. The van der Waals surface area contributed by atoms with Gasteiger partial charge in [-0.05, 0) is 31.2 Å². The fourth-order valence-corrected chi connectivity index (χ4v) is 5.52. The summed E-state index contributed by atoms with van der Waals surface area (Å²) in [5.41, 5.74) is 0.989. The van der Waals surface area contributed by atoms with E-state index in [0.717, 1.165) is 15.2 Å². The van der Waals surface area contributed by atoms with Crippen molar-refractivity contribution >= 4 is 37.4 Å². The third kappa shape index (κ3) is 3.62. The highest BCUT2D eigenvalue weighted by molar-refractivity contribution is 7.89. The van der Waals surface area contributed by atoms with Crippen LogP contribution in [-0.2, 0) is 14.8 Å². The van der Waals surface area contributed by atoms with Crippen LogP contribution in [0.2, 0.25) is 0 Å². The SMILES string of the molecule is C[C@H](c1nc2ccccc2s1)N(C)c1ccc(S(=O)(=O)N2CCOCC2)cn1. The number of ether oxygens (including phenoxy) is 1. The fourth-order valence-electron chi connectivity index (χ4n) is 3.10. The van der Waals surface area contributed by atoms with E-state index in [-0.39, 0.29) is 10.9 Å². The molecule has 0 N–H and O–H groups in total. The number of sulfonamides is 1. The van der Waals surface area contributed by atoms with Gasteiger partial charge in [0.1, 0.15) is 15.7 Å². The summed E-state index contributed by atoms with van der Waals surface area (Å²) >= 11 is 1.66. The fraction of sp³-hybridized carbons (Fsp3) is 0.368. The highest BCUT2D eigenvalue weighted by Crippen LogP contribution is 2.31. The molecule has 0 spiro atoms. The summed E-state index contributed by atoms with van der Waals surface area (Å²) in [5.74, 6) is 0.702. The minimum atomic E-state index is -3.53. The molecule has 28 heavy (non-hydrogen) atoms. The zero-order chi connectivity index (χ0) is 19.7. The standard InChI is InChI=1S/C19H22N4O3S2/c1-14(19-21-16-5-3-4-6-17(16)27-19)22(2)18-8-7-15(13-20-18)28(24,25)23-9-11-26-12-10-23/h3-8,13-14H,9-12H2,1-2H3/t14-/m1/s1. The monoisotopic (exact) mass is 418 g/mol. The molecule has 0 unspecified atom stereocenters. The quantitative estimate of drug-likeness (QED) is 0.634. The first-order valence-electron chi connectivity index (χ1n) is 9.09. The first kappa shape index (κ1) is 19.3. The van der Waals surface area contributed by atoms with Crippen molar-refractivity contribution < 1.29 is 13.2 Å². The van der Waals surface area contributed by atoms with Gasteiger partial charge in [-0.1, -0.05) is 12.1 Å². The predicted molar refractivity (Wildman–Crippen MR) is 110 cm³/mol. The molecule has 1 aliphatic rings. The molecule has 1 aliphatic heterocycles. The summed E-state index contributed by atoms with van der Waals surface area (Å²) < 4.78 is 33.3. The van der Waals surface area contributed by atoms with E-state index in [1.807, 2.05) is 30.1 Å². The van der Waals surface area contributed by atoms with Crippen molar-refractivity contribution in [3.63, 3.8) is 0 Å². The topological polar surface area (TPSA) is 75.6 Å². The van der Waals surface area contributed by atoms with Gasteiger partial charge in [0.05, 0.1) is 29.5 Å². The van der Waals surface area contributed by atoms with E-state index in [2.05, 4.69) is 18.0 Å². The lowest BCUT2D eigenvalue weighted by Gasteiger charge is -2.27. The maximum Gasteiger partial charge on any atom is 0.244 e. The smallest absolute Gasteiger partial charge is 0.244 e. The van der Waals surface area contributed by atoms with Crippen molar-refractivity contribution in [2.24, 2.45) is 0 Å². The van der Waals surface area contributed by atoms with Crippen LogP contribution in [-0.4, -0.2) is 56.0 Å². The Kier molecular flexibility index (Phi) is 5.33. The number of nitrogens with zero attached hydrogens (tertiary/aromatic N) is 4. The molecule has 0 bridgehead atoms. The number of benzene rings is 1. The molecule has 0 saturated carbocycles. The molecule has 3 aromatic rings. The second-order valence-corrected chi connectivity index (χ2v) is 9.68. The summed E-state index contributed by atoms with van der Waals surface area (Å²) in [6.07, 6.45) is 1.43. The van der Waals surface area contributed by atoms with E-state index < -0.39 is 10.0 Å². The average Bonchev–Trinajstić information content (AvgIpc) is 3.17. The summed E-state index contributed by atoms with van der Waals surface area (Å²) in [5, 5.41) is 0.996. The van der Waals surface area contributed by atoms with Gasteiger partial charge < -0.3 is 9.64 Å². The van der Waals surface area contributed by atoms with Crippen LogP contribution in [0, 0.1) is 0 Å². The van der Waals surface area contributed by atoms with E-state index in [9.17, 15) is 8.42 Å². The molecular weight excluding hydrogens is 396 g/mol. The number of rotatable bonds is 5. The van der Waals surface area contributed by atoms with Crippen molar-refractivity contribution in [3.8, 4) is 0 Å². The number of hydrogen-bond acceptors (Lipinski definition) is 7. The normalized spacial score (nSPS) is 16.9. The largest absolute Gasteiger partial charge is 0.379 e. The van der Waals surface area contributed by atoms with Crippen LogP contribution >= 0.6 is 11.3 Å². The summed E-state index contributed by atoms with van der Waals surface area (Å²) in [6, 6.07) is 11.4. The molecule has 148 valence electrons. The zero-order valence-corrected chi connectivity index (χ0v) is 17.4. The Hall–Kier alpha value is -2.07. The number of thiazole rings is 1. The third-order valence-electron chi connectivity index (χ3n) is 4.94. The lowest BCUT2D eigenvalue weighted by Crippen LogP contribution is -2.40. The highest BCUT2D eigenvalue weighted by atomic mass is 32.2. The van der Waals surface area contributed by atoms with Crippen LogP contribution in [0.5, 0.6) is 0 Å². The number of anilines is 1. The van der Waals surface area contributed by atoms with Crippen LogP contribution in [0.3, 0.4) is 0 Å². The zero-order valence-electron chi connectivity index (χ0n) is 15.8. The van der Waals surface area contributed by atoms with E-state index in [1.165, 1.54) is 10.5 Å². The first-order chi connectivity index (χ1) is 13.5. The Balaban J connectivity index is 1.54. The van der Waals surface area contributed by atoms with Crippen LogP contribution < -0.4 is 4.90 Å². The molecule has 0 radical (unpaired) electrons. The van der Waals surface area contributed by atoms with Crippen molar-refractivity contribution in [2.45, 2.75) is 17.9 Å². The van der Waals surface area contributed by atoms with Crippen LogP contribution in [0.25, 0.3) is 10.2 Å². The van der Waals surface area contributed by atoms with E-state index >= 15 is 0 Å². The number of hydrogen-bond donors (Lipinski definition) is 0. The third-order valence-corrected chi connectivity index (χ3v) is 8.03. The molecule has 9 heteroatoms. The number of fused-ring (bicyclic) bond motifs is 1. The van der Waals surface area contributed by atoms with Crippen molar-refractivity contribution in [3.05, 3.63) is 47.6 Å². The molecular formula is C19H22N4O3S2. The molecule has 1 fully saturated rings. The molecule has 1 saturated heterocycles. The Morgan fingerprint density at radius 1 is 1.18 bits per heavy atom. The second-order valence-electron chi connectivity index (χ2n) is 6.68. The van der Waals surface area contributed by atoms with E-state index in [4.69, 9.17) is 9.72 Å². The van der Waals surface area contributed by atoms with Gasteiger partial charge >= 0.3 is 0 Å². The van der Waals surface area contributed by atoms with Crippen molar-refractivity contribution in [1.29, 1.82) is 0 Å². The van der Waals surface area contributed by atoms with Gasteiger partial charge in [0, 0.05) is 26.3 Å². The molecule has 4 rings (SSSR count). The Labute approximate surface area is 168 Å².